The van der Waals surface area contributed by atoms with Gasteiger partial charge < -0.3 is 19.9 Å². The van der Waals surface area contributed by atoms with E-state index in [1.807, 2.05) is 6.92 Å². The van der Waals surface area contributed by atoms with Crippen LogP contribution in [0.2, 0.25) is 5.02 Å². The van der Waals surface area contributed by atoms with E-state index in [9.17, 15) is 18.4 Å². The third kappa shape index (κ3) is 5.33. The van der Waals surface area contributed by atoms with Crippen molar-refractivity contribution >= 4 is 23.6 Å². The zero-order valence-electron chi connectivity index (χ0n) is 19.0. The summed E-state index contributed by atoms with van der Waals surface area (Å²) in [6, 6.07) is 9.39. The monoisotopic (exact) mass is 491 g/mol. The van der Waals surface area contributed by atoms with Crippen LogP contribution in [0.5, 0.6) is 5.75 Å². The lowest BCUT2D eigenvalue weighted by Gasteiger charge is -2.31. The van der Waals surface area contributed by atoms with Gasteiger partial charge in [-0.3, -0.25) is 4.79 Å². The van der Waals surface area contributed by atoms with Gasteiger partial charge in [-0.25, -0.2) is 13.6 Å². The van der Waals surface area contributed by atoms with Crippen molar-refractivity contribution in [1.29, 1.82) is 0 Å². The number of hydrogen-bond acceptors (Lipinski definition) is 4. The van der Waals surface area contributed by atoms with Crippen LogP contribution in [-0.4, -0.2) is 60.6 Å². The minimum atomic E-state index is -0.602. The standard InChI is InChI=1S/C25H28ClF2N3O3/c1-2-31(25(33)34-19-6-4-18(27)5-7-19)23-15-30(24(32)16-9-11-29-12-10-16)14-20(23)17-3-8-21(26)22(28)13-17/h3-8,13,16,20,23,29H,2,9-12,14-15H2,1H3. The molecule has 6 nitrogen and oxygen atoms in total. The van der Waals surface area contributed by atoms with Crippen molar-refractivity contribution in [3.8, 4) is 5.75 Å². The van der Waals surface area contributed by atoms with Crippen LogP contribution in [0.25, 0.3) is 0 Å². The number of amides is 2. The zero-order chi connectivity index (χ0) is 24.2. The molecule has 0 radical (unpaired) electrons. The largest absolute Gasteiger partial charge is 0.415 e. The molecule has 0 bridgehead atoms. The van der Waals surface area contributed by atoms with Gasteiger partial charge in [0.15, 0.2) is 0 Å². The number of halogens is 3. The third-order valence-electron chi connectivity index (χ3n) is 6.66. The van der Waals surface area contributed by atoms with E-state index in [-0.39, 0.29) is 28.5 Å². The highest BCUT2D eigenvalue weighted by atomic mass is 35.5. The van der Waals surface area contributed by atoms with Crippen LogP contribution in [0, 0.1) is 17.6 Å². The second-order valence-electron chi connectivity index (χ2n) is 8.72. The molecule has 0 saturated carbocycles. The Kier molecular flexibility index (Phi) is 7.68. The molecule has 9 heteroatoms. The van der Waals surface area contributed by atoms with E-state index in [2.05, 4.69) is 5.32 Å². The second kappa shape index (κ2) is 10.7. The van der Waals surface area contributed by atoms with Crippen molar-refractivity contribution in [2.75, 3.05) is 32.7 Å². The summed E-state index contributed by atoms with van der Waals surface area (Å²) in [5, 5.41) is 3.28. The van der Waals surface area contributed by atoms with Gasteiger partial charge in [0.2, 0.25) is 5.91 Å². The van der Waals surface area contributed by atoms with Gasteiger partial charge in [-0.05, 0) is 74.8 Å². The lowest BCUT2D eigenvalue weighted by Crippen LogP contribution is -2.46. The van der Waals surface area contributed by atoms with Crippen molar-refractivity contribution in [2.45, 2.75) is 31.7 Å². The molecule has 2 amide bonds. The van der Waals surface area contributed by atoms with E-state index in [1.54, 1.807) is 15.9 Å². The van der Waals surface area contributed by atoms with Gasteiger partial charge in [-0.15, -0.1) is 0 Å². The van der Waals surface area contributed by atoms with Gasteiger partial charge in [0.1, 0.15) is 17.4 Å². The topological polar surface area (TPSA) is 61.9 Å². The zero-order valence-corrected chi connectivity index (χ0v) is 19.7. The predicted octanol–water partition coefficient (Wildman–Crippen LogP) is 4.43. The van der Waals surface area contributed by atoms with E-state index in [0.29, 0.717) is 25.2 Å². The fourth-order valence-electron chi connectivity index (χ4n) is 4.84. The van der Waals surface area contributed by atoms with Crippen molar-refractivity contribution in [2.24, 2.45) is 5.92 Å². The lowest BCUT2D eigenvalue weighted by atomic mass is 9.93. The highest BCUT2D eigenvalue weighted by molar-refractivity contribution is 6.30. The predicted molar refractivity (Wildman–Crippen MR) is 125 cm³/mol. The molecule has 2 aromatic carbocycles. The summed E-state index contributed by atoms with van der Waals surface area (Å²) in [6.07, 6.45) is 0.934. The van der Waals surface area contributed by atoms with Crippen molar-refractivity contribution in [3.63, 3.8) is 0 Å². The molecule has 2 saturated heterocycles. The second-order valence-corrected chi connectivity index (χ2v) is 9.13. The van der Waals surface area contributed by atoms with E-state index in [0.717, 1.165) is 25.9 Å². The number of likely N-dealkylation sites (N-methyl/N-ethyl adjacent to an activating group) is 1. The van der Waals surface area contributed by atoms with Gasteiger partial charge in [0.25, 0.3) is 0 Å². The van der Waals surface area contributed by atoms with Crippen LogP contribution in [0.15, 0.2) is 42.5 Å². The smallest absolute Gasteiger partial charge is 0.410 e. The van der Waals surface area contributed by atoms with Gasteiger partial charge >= 0.3 is 6.09 Å². The number of rotatable bonds is 5. The van der Waals surface area contributed by atoms with Crippen LogP contribution in [0.4, 0.5) is 13.6 Å². The summed E-state index contributed by atoms with van der Waals surface area (Å²) >= 11 is 5.89. The average Bonchev–Trinajstić information content (AvgIpc) is 3.28. The molecule has 2 aromatic rings. The molecule has 1 N–H and O–H groups in total. The highest BCUT2D eigenvalue weighted by Gasteiger charge is 2.43. The molecule has 0 aromatic heterocycles. The SMILES string of the molecule is CCN(C(=O)Oc1ccc(F)cc1)C1CN(C(=O)C2CCNCC2)CC1c1ccc(Cl)c(F)c1. The van der Waals surface area contributed by atoms with Gasteiger partial charge in [0.05, 0.1) is 11.1 Å². The van der Waals surface area contributed by atoms with E-state index < -0.39 is 23.8 Å². The Balaban J connectivity index is 1.59. The Bertz CT molecular complexity index is 1030. The van der Waals surface area contributed by atoms with E-state index in [4.69, 9.17) is 16.3 Å². The molecule has 2 heterocycles. The maximum Gasteiger partial charge on any atom is 0.415 e. The number of hydrogen-bond donors (Lipinski definition) is 1. The molecular weight excluding hydrogens is 464 g/mol. The fourth-order valence-corrected chi connectivity index (χ4v) is 4.96. The fraction of sp³-hybridized carbons (Fsp3) is 0.440. The summed E-state index contributed by atoms with van der Waals surface area (Å²) in [5.41, 5.74) is 0.667. The number of piperidine rings is 1. The maximum atomic E-state index is 14.3. The molecule has 34 heavy (non-hydrogen) atoms. The molecule has 2 fully saturated rings. The molecule has 0 spiro atoms. The summed E-state index contributed by atoms with van der Waals surface area (Å²) in [4.78, 5) is 29.7. The maximum absolute atomic E-state index is 14.3. The molecule has 2 atom stereocenters. The van der Waals surface area contributed by atoms with E-state index in [1.165, 1.54) is 36.4 Å². The minimum Gasteiger partial charge on any atom is -0.410 e. The molecule has 4 rings (SSSR count). The van der Waals surface area contributed by atoms with Crippen molar-refractivity contribution < 1.29 is 23.1 Å². The first-order valence-electron chi connectivity index (χ1n) is 11.6. The van der Waals surface area contributed by atoms with Gasteiger partial charge in [0, 0.05) is 31.5 Å². The highest BCUT2D eigenvalue weighted by Crippen LogP contribution is 2.34. The number of carbonyl (C=O) groups is 2. The molecule has 0 aliphatic carbocycles. The Morgan fingerprint density at radius 3 is 2.47 bits per heavy atom. The number of carbonyl (C=O) groups excluding carboxylic acids is 2. The lowest BCUT2D eigenvalue weighted by molar-refractivity contribution is -0.135. The Morgan fingerprint density at radius 2 is 1.82 bits per heavy atom. The van der Waals surface area contributed by atoms with Crippen molar-refractivity contribution in [3.05, 3.63) is 64.7 Å². The van der Waals surface area contributed by atoms with Crippen LogP contribution in [0.1, 0.15) is 31.2 Å². The summed E-state index contributed by atoms with van der Waals surface area (Å²) in [6.45, 7) is 4.43. The number of ether oxygens (including phenoxy) is 1. The van der Waals surface area contributed by atoms with Crippen LogP contribution < -0.4 is 10.1 Å². The van der Waals surface area contributed by atoms with Crippen molar-refractivity contribution in [1.82, 2.24) is 15.1 Å². The van der Waals surface area contributed by atoms with Gasteiger partial charge in [-0.1, -0.05) is 17.7 Å². The summed E-state index contributed by atoms with van der Waals surface area (Å²) in [5.74, 6) is -1.06. The van der Waals surface area contributed by atoms with E-state index >= 15 is 0 Å². The molecule has 182 valence electrons. The Hall–Kier alpha value is -2.71. The first-order valence-corrected chi connectivity index (χ1v) is 11.9. The first kappa shape index (κ1) is 24.4. The molecule has 2 unspecified atom stereocenters. The number of nitrogens with zero attached hydrogens (tertiary/aromatic N) is 2. The minimum absolute atomic E-state index is 0.0176. The van der Waals surface area contributed by atoms with Crippen LogP contribution in [0.3, 0.4) is 0 Å². The third-order valence-corrected chi connectivity index (χ3v) is 6.96. The molecule has 2 aliphatic rings. The summed E-state index contributed by atoms with van der Waals surface area (Å²) < 4.78 is 33.0. The number of benzene rings is 2. The normalized spacial score (nSPS) is 20.9. The quantitative estimate of drug-likeness (QED) is 0.672. The Labute approximate surface area is 202 Å². The molecule has 2 aliphatic heterocycles. The van der Waals surface area contributed by atoms with Gasteiger partial charge in [-0.2, -0.15) is 0 Å². The first-order chi connectivity index (χ1) is 16.4. The summed E-state index contributed by atoms with van der Waals surface area (Å²) in [7, 11) is 0. The average molecular weight is 492 g/mol. The number of nitrogens with one attached hydrogen (secondary N) is 1. The number of likely N-dealkylation sites (tertiary alicyclic amines) is 1. The van der Waals surface area contributed by atoms with Crippen LogP contribution >= 0.6 is 11.6 Å². The molecular formula is C25H28ClF2N3O3. The van der Waals surface area contributed by atoms with Crippen LogP contribution in [-0.2, 0) is 4.79 Å². The Morgan fingerprint density at radius 1 is 1.12 bits per heavy atom.